The van der Waals surface area contributed by atoms with Crippen LogP contribution in [-0.2, 0) is 0 Å². The second kappa shape index (κ2) is 6.89. The molecule has 0 aliphatic heterocycles. The molecule has 130 valence electrons. The van der Waals surface area contributed by atoms with E-state index in [2.05, 4.69) is 35.9 Å². The lowest BCUT2D eigenvalue weighted by atomic mass is 10.3. The van der Waals surface area contributed by atoms with Crippen LogP contribution < -0.4 is 16.0 Å². The Morgan fingerprint density at radius 2 is 1.92 bits per heavy atom. The van der Waals surface area contributed by atoms with Crippen molar-refractivity contribution in [3.8, 4) is 0 Å². The van der Waals surface area contributed by atoms with E-state index in [4.69, 9.17) is 0 Å². The van der Waals surface area contributed by atoms with Gasteiger partial charge in [-0.15, -0.1) is 11.3 Å². The minimum absolute atomic E-state index is 0.306. The van der Waals surface area contributed by atoms with Gasteiger partial charge in [0.05, 0.1) is 21.9 Å². The SMILES string of the molecule is CCNC(=O)Nc1ccc2ncc(Nc3ccc4ncsc4c3)nc2n1. The van der Waals surface area contributed by atoms with Crippen molar-refractivity contribution in [3.05, 3.63) is 42.0 Å². The number of benzene rings is 1. The maximum Gasteiger partial charge on any atom is 0.320 e. The average Bonchev–Trinajstić information content (AvgIpc) is 3.09. The Hall–Kier alpha value is -3.33. The number of hydrogen-bond acceptors (Lipinski definition) is 7. The van der Waals surface area contributed by atoms with E-state index in [1.54, 1.807) is 29.7 Å². The van der Waals surface area contributed by atoms with E-state index in [0.29, 0.717) is 29.3 Å². The predicted molar refractivity (Wildman–Crippen MR) is 103 cm³/mol. The standard InChI is InChI=1S/C17H15N7OS/c1-2-18-17(25)24-14-6-5-12-16(22-14)23-15(8-19-12)21-10-3-4-11-13(7-10)26-9-20-11/h3-9H,2H2,1H3,(H3,18,21,22,23,24,25). The van der Waals surface area contributed by atoms with Gasteiger partial charge in [0.2, 0.25) is 0 Å². The molecule has 1 aromatic carbocycles. The number of aromatic nitrogens is 4. The number of pyridine rings is 1. The monoisotopic (exact) mass is 365 g/mol. The zero-order valence-corrected chi connectivity index (χ0v) is 14.7. The number of hydrogen-bond donors (Lipinski definition) is 3. The Bertz CT molecular complexity index is 1090. The Morgan fingerprint density at radius 3 is 2.81 bits per heavy atom. The first-order valence-electron chi connectivity index (χ1n) is 8.00. The highest BCUT2D eigenvalue weighted by atomic mass is 32.1. The van der Waals surface area contributed by atoms with Crippen LogP contribution in [0, 0.1) is 0 Å². The van der Waals surface area contributed by atoms with E-state index in [0.717, 1.165) is 15.9 Å². The molecular formula is C17H15N7OS. The number of nitrogens with one attached hydrogen (secondary N) is 3. The summed E-state index contributed by atoms with van der Waals surface area (Å²) in [7, 11) is 0. The fourth-order valence-electron chi connectivity index (χ4n) is 2.43. The summed E-state index contributed by atoms with van der Waals surface area (Å²) in [6.07, 6.45) is 1.65. The Kier molecular flexibility index (Phi) is 4.28. The number of urea groups is 1. The van der Waals surface area contributed by atoms with Gasteiger partial charge in [0, 0.05) is 12.2 Å². The molecule has 0 atom stereocenters. The van der Waals surface area contributed by atoms with Gasteiger partial charge in [-0.25, -0.2) is 24.7 Å². The third-order valence-electron chi connectivity index (χ3n) is 3.59. The molecule has 26 heavy (non-hydrogen) atoms. The third-order valence-corrected chi connectivity index (χ3v) is 4.38. The largest absolute Gasteiger partial charge is 0.339 e. The third kappa shape index (κ3) is 3.38. The molecule has 8 nitrogen and oxygen atoms in total. The van der Waals surface area contributed by atoms with Crippen LogP contribution in [0.3, 0.4) is 0 Å². The molecule has 3 aromatic heterocycles. The van der Waals surface area contributed by atoms with Crippen LogP contribution in [0.5, 0.6) is 0 Å². The van der Waals surface area contributed by atoms with Crippen LogP contribution in [0.2, 0.25) is 0 Å². The second-order valence-corrected chi connectivity index (χ2v) is 6.33. The first-order valence-corrected chi connectivity index (χ1v) is 8.88. The molecule has 0 fully saturated rings. The molecule has 4 rings (SSSR count). The summed E-state index contributed by atoms with van der Waals surface area (Å²) >= 11 is 1.58. The average molecular weight is 365 g/mol. The van der Waals surface area contributed by atoms with Crippen LogP contribution in [0.25, 0.3) is 21.4 Å². The van der Waals surface area contributed by atoms with Gasteiger partial charge in [-0.3, -0.25) is 5.32 Å². The van der Waals surface area contributed by atoms with Gasteiger partial charge < -0.3 is 10.6 Å². The summed E-state index contributed by atoms with van der Waals surface area (Å²) in [5.41, 5.74) is 4.77. The maximum atomic E-state index is 11.6. The van der Waals surface area contributed by atoms with Crippen molar-refractivity contribution in [2.24, 2.45) is 0 Å². The van der Waals surface area contributed by atoms with E-state index in [9.17, 15) is 4.79 Å². The predicted octanol–water partition coefficient (Wildman–Crippen LogP) is 3.52. The topological polar surface area (TPSA) is 105 Å². The number of carbonyl (C=O) groups excluding carboxylic acids is 1. The summed E-state index contributed by atoms with van der Waals surface area (Å²) in [5, 5.41) is 8.55. The van der Waals surface area contributed by atoms with Crippen molar-refractivity contribution in [1.82, 2.24) is 25.3 Å². The molecule has 9 heteroatoms. The van der Waals surface area contributed by atoms with E-state index in [1.807, 2.05) is 30.6 Å². The molecule has 3 heterocycles. The summed E-state index contributed by atoms with van der Waals surface area (Å²) in [5.74, 6) is 0.991. The van der Waals surface area contributed by atoms with Gasteiger partial charge in [0.15, 0.2) is 11.5 Å². The van der Waals surface area contributed by atoms with Crippen LogP contribution >= 0.6 is 11.3 Å². The van der Waals surface area contributed by atoms with E-state index in [1.165, 1.54) is 0 Å². The van der Waals surface area contributed by atoms with Crippen LogP contribution in [0.4, 0.5) is 22.1 Å². The lowest BCUT2D eigenvalue weighted by Gasteiger charge is -2.08. The fourth-order valence-corrected chi connectivity index (χ4v) is 3.15. The highest BCUT2D eigenvalue weighted by Gasteiger charge is 2.06. The van der Waals surface area contributed by atoms with Gasteiger partial charge in [0.1, 0.15) is 11.3 Å². The van der Waals surface area contributed by atoms with Crippen molar-refractivity contribution >= 4 is 56.1 Å². The zero-order chi connectivity index (χ0) is 17.9. The second-order valence-electron chi connectivity index (χ2n) is 5.44. The summed E-state index contributed by atoms with van der Waals surface area (Å²) in [6, 6.07) is 9.06. The Balaban J connectivity index is 1.59. The molecule has 0 aliphatic carbocycles. The van der Waals surface area contributed by atoms with Crippen molar-refractivity contribution in [2.75, 3.05) is 17.2 Å². The lowest BCUT2D eigenvalue weighted by Crippen LogP contribution is -2.28. The van der Waals surface area contributed by atoms with Gasteiger partial charge in [0.25, 0.3) is 0 Å². The first-order chi connectivity index (χ1) is 12.7. The van der Waals surface area contributed by atoms with Crippen molar-refractivity contribution < 1.29 is 4.79 Å². The summed E-state index contributed by atoms with van der Waals surface area (Å²) < 4.78 is 1.09. The minimum atomic E-state index is -0.306. The lowest BCUT2D eigenvalue weighted by molar-refractivity contribution is 0.252. The van der Waals surface area contributed by atoms with Crippen molar-refractivity contribution in [2.45, 2.75) is 6.92 Å². The number of fused-ring (bicyclic) bond motifs is 2. The number of rotatable bonds is 4. The molecule has 2 amide bonds. The van der Waals surface area contributed by atoms with Gasteiger partial charge >= 0.3 is 6.03 Å². The Labute approximate surface area is 152 Å². The number of amides is 2. The van der Waals surface area contributed by atoms with Crippen LogP contribution in [0.1, 0.15) is 6.92 Å². The molecule has 4 aromatic rings. The number of anilines is 3. The molecule has 0 saturated carbocycles. The smallest absolute Gasteiger partial charge is 0.320 e. The molecule has 0 unspecified atom stereocenters. The van der Waals surface area contributed by atoms with Gasteiger partial charge in [-0.1, -0.05) is 0 Å². The highest BCUT2D eigenvalue weighted by Crippen LogP contribution is 2.24. The molecule has 0 aliphatic rings. The molecule has 0 bridgehead atoms. The normalized spacial score (nSPS) is 10.8. The zero-order valence-electron chi connectivity index (χ0n) is 13.9. The quantitative estimate of drug-likeness (QED) is 0.511. The maximum absolute atomic E-state index is 11.6. The van der Waals surface area contributed by atoms with E-state index < -0.39 is 0 Å². The Morgan fingerprint density at radius 1 is 1.08 bits per heavy atom. The number of thiazole rings is 1. The molecule has 0 radical (unpaired) electrons. The highest BCUT2D eigenvalue weighted by molar-refractivity contribution is 7.16. The minimum Gasteiger partial charge on any atom is -0.339 e. The summed E-state index contributed by atoms with van der Waals surface area (Å²) in [4.78, 5) is 29.1. The fraction of sp³-hybridized carbons (Fsp3) is 0.118. The molecule has 0 spiro atoms. The van der Waals surface area contributed by atoms with Gasteiger partial charge in [-0.05, 0) is 37.3 Å². The molecule has 0 saturated heterocycles. The van der Waals surface area contributed by atoms with Crippen LogP contribution in [-0.4, -0.2) is 32.5 Å². The summed E-state index contributed by atoms with van der Waals surface area (Å²) in [6.45, 7) is 2.39. The van der Waals surface area contributed by atoms with E-state index >= 15 is 0 Å². The van der Waals surface area contributed by atoms with Crippen molar-refractivity contribution in [3.63, 3.8) is 0 Å². The van der Waals surface area contributed by atoms with Crippen molar-refractivity contribution in [1.29, 1.82) is 0 Å². The molecular weight excluding hydrogens is 350 g/mol. The van der Waals surface area contributed by atoms with E-state index in [-0.39, 0.29) is 6.03 Å². The number of carbonyl (C=O) groups is 1. The van der Waals surface area contributed by atoms with Crippen LogP contribution in [0.15, 0.2) is 42.0 Å². The number of nitrogens with zero attached hydrogens (tertiary/aromatic N) is 4. The molecule has 3 N–H and O–H groups in total. The first kappa shape index (κ1) is 16.2. The van der Waals surface area contributed by atoms with Gasteiger partial charge in [-0.2, -0.15) is 0 Å².